The van der Waals surface area contributed by atoms with Gasteiger partial charge in [0, 0.05) is 12.5 Å². The number of carbonyl (C=O) groups excluding carboxylic acids is 1. The fraction of sp³-hybridized carbons (Fsp3) is 0.625. The number of allylic oxidation sites excluding steroid dienone is 1. The van der Waals surface area contributed by atoms with Crippen LogP contribution in [0.5, 0.6) is 5.75 Å². The van der Waals surface area contributed by atoms with Crippen LogP contribution in [-0.4, -0.2) is 32.3 Å². The average molecular weight is 384 g/mol. The quantitative estimate of drug-likeness (QED) is 0.456. The van der Waals surface area contributed by atoms with Crippen molar-refractivity contribution in [3.8, 4) is 5.75 Å². The van der Waals surface area contributed by atoms with E-state index >= 15 is 0 Å². The molecule has 3 fully saturated rings. The molecule has 1 saturated heterocycles. The van der Waals surface area contributed by atoms with Crippen LogP contribution in [0.4, 0.5) is 0 Å². The summed E-state index contributed by atoms with van der Waals surface area (Å²) in [6.07, 6.45) is 6.66. The zero-order valence-electron chi connectivity index (χ0n) is 17.2. The summed E-state index contributed by atoms with van der Waals surface area (Å²) in [6, 6.07) is 8.11. The van der Waals surface area contributed by atoms with Crippen LogP contribution in [0.2, 0.25) is 0 Å². The van der Waals surface area contributed by atoms with Crippen molar-refractivity contribution in [3.63, 3.8) is 0 Å². The van der Waals surface area contributed by atoms with Crippen LogP contribution in [0.15, 0.2) is 36.4 Å². The molecule has 5 atom stereocenters. The predicted molar refractivity (Wildman–Crippen MR) is 110 cm³/mol. The summed E-state index contributed by atoms with van der Waals surface area (Å²) >= 11 is 0. The lowest BCUT2D eigenvalue weighted by Crippen LogP contribution is -2.45. The molecule has 0 spiro atoms. The van der Waals surface area contributed by atoms with Crippen LogP contribution in [-0.2, 0) is 16.0 Å². The zero-order chi connectivity index (χ0) is 19.7. The van der Waals surface area contributed by atoms with Gasteiger partial charge in [-0.15, -0.1) is 0 Å². The minimum atomic E-state index is -0.0260. The molecule has 4 heteroatoms. The van der Waals surface area contributed by atoms with Crippen LogP contribution in [0.3, 0.4) is 0 Å². The zero-order valence-corrected chi connectivity index (χ0v) is 17.2. The summed E-state index contributed by atoms with van der Waals surface area (Å²) in [5.41, 5.74) is 2.86. The third-order valence-corrected chi connectivity index (χ3v) is 7.45. The Balaban J connectivity index is 1.35. The molecule has 1 N–H and O–H groups in total. The molecule has 2 aliphatic carbocycles. The summed E-state index contributed by atoms with van der Waals surface area (Å²) < 4.78 is 11.3. The number of methoxy groups -OCH3 is 1. The highest BCUT2D eigenvalue weighted by Gasteiger charge is 2.54. The first-order valence-corrected chi connectivity index (χ1v) is 10.7. The predicted octanol–water partition coefficient (Wildman–Crippen LogP) is 4.14. The van der Waals surface area contributed by atoms with Gasteiger partial charge in [0.2, 0.25) is 0 Å². The number of carbonyl (C=O) groups is 1. The van der Waals surface area contributed by atoms with E-state index in [9.17, 15) is 4.79 Å². The Labute approximate surface area is 168 Å². The summed E-state index contributed by atoms with van der Waals surface area (Å²) in [5.74, 6) is 1.77. The molecular weight excluding hydrogens is 350 g/mol. The van der Waals surface area contributed by atoms with Crippen molar-refractivity contribution in [2.45, 2.75) is 51.6 Å². The highest BCUT2D eigenvalue weighted by atomic mass is 16.6. The maximum atomic E-state index is 12.6. The largest absolute Gasteiger partial charge is 0.496 e. The SMILES string of the molecule is C=C1CCC[C@]2(C)C[C@H]3OC(=O)[C@H](CNCCc4ccccc4OC)[C@@H]3C[C@@H]12. The lowest BCUT2D eigenvalue weighted by Gasteiger charge is -2.50. The Hall–Kier alpha value is -1.81. The minimum Gasteiger partial charge on any atom is -0.496 e. The van der Waals surface area contributed by atoms with Crippen molar-refractivity contribution in [2.75, 3.05) is 20.2 Å². The van der Waals surface area contributed by atoms with Crippen molar-refractivity contribution in [2.24, 2.45) is 23.2 Å². The Morgan fingerprint density at radius 2 is 2.18 bits per heavy atom. The van der Waals surface area contributed by atoms with Crippen LogP contribution in [0, 0.1) is 23.2 Å². The molecule has 1 aromatic rings. The third kappa shape index (κ3) is 3.59. The number of fused-ring (bicyclic) bond motifs is 2. The Kier molecular flexibility index (Phi) is 5.50. The standard InChI is InChI=1S/C24H33NO3/c1-16-7-6-11-24(2)14-22-18(13-20(16)24)19(23(26)28-22)15-25-12-10-17-8-4-5-9-21(17)27-3/h4-5,8-9,18-20,22,25H,1,6-7,10-15H2,2-3H3/t18-,19+,20-,22+,24+/m0/s1. The smallest absolute Gasteiger partial charge is 0.310 e. The second kappa shape index (κ2) is 7.90. The van der Waals surface area contributed by atoms with Gasteiger partial charge in [-0.2, -0.15) is 0 Å². The summed E-state index contributed by atoms with van der Waals surface area (Å²) in [7, 11) is 1.71. The van der Waals surface area contributed by atoms with Gasteiger partial charge in [-0.3, -0.25) is 4.79 Å². The average Bonchev–Trinajstić information content (AvgIpc) is 2.97. The molecule has 152 valence electrons. The van der Waals surface area contributed by atoms with Gasteiger partial charge in [0.05, 0.1) is 13.0 Å². The number of hydrogen-bond acceptors (Lipinski definition) is 4. The molecule has 3 aliphatic rings. The highest BCUT2D eigenvalue weighted by Crippen LogP contribution is 2.56. The Bertz CT molecular complexity index is 745. The molecule has 0 bridgehead atoms. The fourth-order valence-corrected chi connectivity index (χ4v) is 5.88. The Morgan fingerprint density at radius 3 is 3.00 bits per heavy atom. The van der Waals surface area contributed by atoms with Gasteiger partial charge < -0.3 is 14.8 Å². The molecule has 1 heterocycles. The van der Waals surface area contributed by atoms with Crippen LogP contribution < -0.4 is 10.1 Å². The summed E-state index contributed by atoms with van der Waals surface area (Å²) in [4.78, 5) is 12.6. The van der Waals surface area contributed by atoms with E-state index in [1.807, 2.05) is 18.2 Å². The maximum Gasteiger partial charge on any atom is 0.310 e. The number of esters is 1. The second-order valence-corrected chi connectivity index (χ2v) is 9.17. The lowest BCUT2D eigenvalue weighted by molar-refractivity contribution is -0.146. The molecule has 4 nitrogen and oxygen atoms in total. The Morgan fingerprint density at radius 1 is 1.36 bits per heavy atom. The number of nitrogens with one attached hydrogen (secondary N) is 1. The van der Waals surface area contributed by atoms with Crippen molar-refractivity contribution in [1.82, 2.24) is 5.32 Å². The first kappa shape index (κ1) is 19.5. The van der Waals surface area contributed by atoms with Gasteiger partial charge in [0.1, 0.15) is 11.9 Å². The van der Waals surface area contributed by atoms with Crippen molar-refractivity contribution in [3.05, 3.63) is 42.0 Å². The number of ether oxygens (including phenoxy) is 2. The fourth-order valence-electron chi connectivity index (χ4n) is 5.88. The molecule has 1 aliphatic heterocycles. The number of rotatable bonds is 6. The molecule has 1 aromatic carbocycles. The minimum absolute atomic E-state index is 0.00680. The number of hydrogen-bond donors (Lipinski definition) is 1. The first-order chi connectivity index (χ1) is 13.5. The first-order valence-electron chi connectivity index (χ1n) is 10.7. The number of benzene rings is 1. The van der Waals surface area contributed by atoms with Crippen LogP contribution in [0.25, 0.3) is 0 Å². The van der Waals surface area contributed by atoms with Gasteiger partial charge in [-0.25, -0.2) is 0 Å². The van der Waals surface area contributed by atoms with E-state index in [-0.39, 0.29) is 23.4 Å². The van der Waals surface area contributed by atoms with E-state index in [0.29, 0.717) is 18.4 Å². The highest BCUT2D eigenvalue weighted by molar-refractivity contribution is 5.75. The van der Waals surface area contributed by atoms with E-state index in [1.54, 1.807) is 7.11 Å². The third-order valence-electron chi connectivity index (χ3n) is 7.45. The molecule has 0 aromatic heterocycles. The van der Waals surface area contributed by atoms with E-state index < -0.39 is 0 Å². The monoisotopic (exact) mass is 383 g/mol. The normalized spacial score (nSPS) is 34.5. The van der Waals surface area contributed by atoms with E-state index in [0.717, 1.165) is 38.0 Å². The van der Waals surface area contributed by atoms with Crippen molar-refractivity contribution >= 4 is 5.97 Å². The molecule has 0 unspecified atom stereocenters. The summed E-state index contributed by atoms with van der Waals surface area (Å²) in [6.45, 7) is 8.28. The van der Waals surface area contributed by atoms with Crippen molar-refractivity contribution < 1.29 is 14.3 Å². The molecule has 0 radical (unpaired) electrons. The van der Waals surface area contributed by atoms with Gasteiger partial charge in [0.15, 0.2) is 0 Å². The van der Waals surface area contributed by atoms with Crippen molar-refractivity contribution in [1.29, 1.82) is 0 Å². The lowest BCUT2D eigenvalue weighted by atomic mass is 9.55. The van der Waals surface area contributed by atoms with E-state index in [2.05, 4.69) is 24.9 Å². The van der Waals surface area contributed by atoms with Gasteiger partial charge in [-0.05, 0) is 68.0 Å². The van der Waals surface area contributed by atoms with Gasteiger partial charge in [-0.1, -0.05) is 37.3 Å². The topological polar surface area (TPSA) is 47.6 Å². The molecule has 2 saturated carbocycles. The van der Waals surface area contributed by atoms with Crippen LogP contribution >= 0.6 is 0 Å². The van der Waals surface area contributed by atoms with E-state index in [4.69, 9.17) is 9.47 Å². The van der Waals surface area contributed by atoms with Gasteiger partial charge in [0.25, 0.3) is 0 Å². The van der Waals surface area contributed by atoms with E-state index in [1.165, 1.54) is 24.0 Å². The molecular formula is C24H33NO3. The molecule has 4 rings (SSSR count). The second-order valence-electron chi connectivity index (χ2n) is 9.17. The van der Waals surface area contributed by atoms with Crippen LogP contribution in [0.1, 0.15) is 44.6 Å². The van der Waals surface area contributed by atoms with Gasteiger partial charge >= 0.3 is 5.97 Å². The maximum absolute atomic E-state index is 12.6. The summed E-state index contributed by atoms with van der Waals surface area (Å²) in [5, 5.41) is 3.50. The molecule has 28 heavy (non-hydrogen) atoms. The number of para-hydroxylation sites is 1. The molecule has 0 amide bonds.